The number of anilines is 1. The maximum Gasteiger partial charge on any atom is 0.251 e. The molecule has 3 aromatic carbocycles. The van der Waals surface area contributed by atoms with E-state index in [0.29, 0.717) is 30.8 Å². The first-order valence-corrected chi connectivity index (χ1v) is 11.5. The molecule has 0 aromatic heterocycles. The summed E-state index contributed by atoms with van der Waals surface area (Å²) >= 11 is 0. The summed E-state index contributed by atoms with van der Waals surface area (Å²) in [5.74, 6) is -0.533. The van der Waals surface area contributed by atoms with E-state index in [-0.39, 0.29) is 29.6 Å². The van der Waals surface area contributed by atoms with Crippen molar-refractivity contribution in [3.8, 4) is 0 Å². The van der Waals surface area contributed by atoms with Crippen LogP contribution in [-0.2, 0) is 9.59 Å². The van der Waals surface area contributed by atoms with E-state index >= 15 is 0 Å². The summed E-state index contributed by atoms with van der Waals surface area (Å²) < 4.78 is 0. The molecule has 0 fully saturated rings. The van der Waals surface area contributed by atoms with Gasteiger partial charge in [0.15, 0.2) is 0 Å². The number of carbonyl (C=O) groups is 3. The van der Waals surface area contributed by atoms with Gasteiger partial charge in [0, 0.05) is 42.6 Å². The lowest BCUT2D eigenvalue weighted by Gasteiger charge is -2.18. The van der Waals surface area contributed by atoms with Gasteiger partial charge in [-0.15, -0.1) is 0 Å². The molecule has 0 atom stereocenters. The highest BCUT2D eigenvalue weighted by molar-refractivity contribution is 5.96. The van der Waals surface area contributed by atoms with Gasteiger partial charge in [0.1, 0.15) is 0 Å². The molecule has 0 aliphatic heterocycles. The quantitative estimate of drug-likeness (QED) is 0.396. The Morgan fingerprint density at radius 1 is 0.706 bits per heavy atom. The third kappa shape index (κ3) is 7.30. The topological polar surface area (TPSA) is 87.3 Å². The zero-order valence-electron chi connectivity index (χ0n) is 19.6. The van der Waals surface area contributed by atoms with Gasteiger partial charge in [-0.2, -0.15) is 0 Å². The van der Waals surface area contributed by atoms with Gasteiger partial charge < -0.3 is 16.0 Å². The zero-order valence-corrected chi connectivity index (χ0v) is 19.6. The molecule has 0 heterocycles. The molecule has 3 aromatic rings. The van der Waals surface area contributed by atoms with E-state index in [0.717, 1.165) is 11.1 Å². The lowest BCUT2D eigenvalue weighted by atomic mass is 9.88. The minimum absolute atomic E-state index is 0.0355. The Labute approximate surface area is 200 Å². The molecule has 0 unspecified atom stereocenters. The molecule has 0 bridgehead atoms. The van der Waals surface area contributed by atoms with Gasteiger partial charge in [-0.3, -0.25) is 14.4 Å². The predicted octanol–water partition coefficient (Wildman–Crippen LogP) is 4.35. The monoisotopic (exact) mass is 457 g/mol. The molecule has 3 rings (SSSR count). The smallest absolute Gasteiger partial charge is 0.251 e. The molecule has 0 aliphatic rings. The van der Waals surface area contributed by atoms with Gasteiger partial charge in [-0.1, -0.05) is 74.5 Å². The number of carbonyl (C=O) groups excluding carboxylic acids is 3. The molecule has 6 heteroatoms. The van der Waals surface area contributed by atoms with Crippen LogP contribution in [0.15, 0.2) is 84.9 Å². The van der Waals surface area contributed by atoms with Crippen LogP contribution in [0.25, 0.3) is 0 Å². The van der Waals surface area contributed by atoms with Crippen LogP contribution in [0.4, 0.5) is 5.69 Å². The SMILES string of the molecule is CC(C)C(=O)Nc1ccc(C(=O)NCCNC(=O)CC(c2ccccc2)c2ccccc2)cc1. The van der Waals surface area contributed by atoms with Crippen molar-refractivity contribution >= 4 is 23.4 Å². The first-order valence-electron chi connectivity index (χ1n) is 11.5. The fraction of sp³-hybridized carbons (Fsp3) is 0.250. The minimum Gasteiger partial charge on any atom is -0.354 e. The fourth-order valence-corrected chi connectivity index (χ4v) is 3.53. The van der Waals surface area contributed by atoms with Gasteiger partial charge in [-0.25, -0.2) is 0 Å². The van der Waals surface area contributed by atoms with Crippen LogP contribution in [0.2, 0.25) is 0 Å². The van der Waals surface area contributed by atoms with Gasteiger partial charge >= 0.3 is 0 Å². The second-order valence-electron chi connectivity index (χ2n) is 8.41. The summed E-state index contributed by atoms with van der Waals surface area (Å²) in [5.41, 5.74) is 3.31. The Balaban J connectivity index is 1.47. The summed E-state index contributed by atoms with van der Waals surface area (Å²) in [6.45, 7) is 4.29. The number of amides is 3. The average molecular weight is 458 g/mol. The van der Waals surface area contributed by atoms with Crippen molar-refractivity contribution in [3.63, 3.8) is 0 Å². The highest BCUT2D eigenvalue weighted by Crippen LogP contribution is 2.27. The normalized spacial score (nSPS) is 10.7. The first-order chi connectivity index (χ1) is 16.4. The summed E-state index contributed by atoms with van der Waals surface area (Å²) in [4.78, 5) is 36.8. The Bertz CT molecular complexity index is 1040. The molecule has 176 valence electrons. The maximum absolute atomic E-state index is 12.6. The van der Waals surface area contributed by atoms with Crippen molar-refractivity contribution in [2.75, 3.05) is 18.4 Å². The number of rotatable bonds is 10. The Hall–Kier alpha value is -3.93. The lowest BCUT2D eigenvalue weighted by Crippen LogP contribution is -2.35. The van der Waals surface area contributed by atoms with Crippen molar-refractivity contribution in [1.82, 2.24) is 10.6 Å². The zero-order chi connectivity index (χ0) is 24.3. The summed E-state index contributed by atoms with van der Waals surface area (Å²) in [7, 11) is 0. The molecule has 3 N–H and O–H groups in total. The Morgan fingerprint density at radius 2 is 1.24 bits per heavy atom. The molecule has 0 spiro atoms. The van der Waals surface area contributed by atoms with Gasteiger partial charge in [0.2, 0.25) is 11.8 Å². The van der Waals surface area contributed by atoms with Gasteiger partial charge in [0.25, 0.3) is 5.91 Å². The van der Waals surface area contributed by atoms with Crippen LogP contribution >= 0.6 is 0 Å². The predicted molar refractivity (Wildman–Crippen MR) is 135 cm³/mol. The first kappa shape index (κ1) is 24.7. The number of benzene rings is 3. The van der Waals surface area contributed by atoms with E-state index in [4.69, 9.17) is 0 Å². The second kappa shape index (κ2) is 12.3. The van der Waals surface area contributed by atoms with E-state index in [9.17, 15) is 14.4 Å². The van der Waals surface area contributed by atoms with Crippen LogP contribution in [0, 0.1) is 5.92 Å². The Morgan fingerprint density at radius 3 is 1.76 bits per heavy atom. The number of hydrogen-bond acceptors (Lipinski definition) is 3. The third-order valence-corrected chi connectivity index (χ3v) is 5.47. The maximum atomic E-state index is 12.6. The number of nitrogens with one attached hydrogen (secondary N) is 3. The van der Waals surface area contributed by atoms with Crippen LogP contribution in [0.5, 0.6) is 0 Å². The van der Waals surface area contributed by atoms with Gasteiger partial charge in [0.05, 0.1) is 0 Å². The van der Waals surface area contributed by atoms with Crippen molar-refractivity contribution in [1.29, 1.82) is 0 Å². The van der Waals surface area contributed by atoms with Crippen molar-refractivity contribution in [2.45, 2.75) is 26.2 Å². The van der Waals surface area contributed by atoms with Crippen LogP contribution in [0.3, 0.4) is 0 Å². The molecule has 0 saturated heterocycles. The summed E-state index contributed by atoms with van der Waals surface area (Å²) in [6.07, 6.45) is 0.325. The average Bonchev–Trinajstić information content (AvgIpc) is 2.86. The molecular weight excluding hydrogens is 426 g/mol. The molecular formula is C28H31N3O3. The van der Waals surface area contributed by atoms with E-state index in [2.05, 4.69) is 16.0 Å². The summed E-state index contributed by atoms with van der Waals surface area (Å²) in [6, 6.07) is 26.7. The lowest BCUT2D eigenvalue weighted by molar-refractivity contribution is -0.121. The van der Waals surface area contributed by atoms with E-state index < -0.39 is 0 Å². The van der Waals surface area contributed by atoms with Crippen molar-refractivity contribution < 1.29 is 14.4 Å². The van der Waals surface area contributed by atoms with Crippen molar-refractivity contribution in [3.05, 3.63) is 102 Å². The van der Waals surface area contributed by atoms with Crippen molar-refractivity contribution in [2.24, 2.45) is 5.92 Å². The highest BCUT2D eigenvalue weighted by Gasteiger charge is 2.18. The van der Waals surface area contributed by atoms with Crippen LogP contribution in [0.1, 0.15) is 47.7 Å². The molecule has 34 heavy (non-hydrogen) atoms. The van der Waals surface area contributed by atoms with E-state index in [1.54, 1.807) is 24.3 Å². The number of hydrogen-bond donors (Lipinski definition) is 3. The molecule has 6 nitrogen and oxygen atoms in total. The largest absolute Gasteiger partial charge is 0.354 e. The van der Waals surface area contributed by atoms with E-state index in [1.165, 1.54) is 0 Å². The molecule has 0 aliphatic carbocycles. The van der Waals surface area contributed by atoms with Crippen LogP contribution < -0.4 is 16.0 Å². The van der Waals surface area contributed by atoms with Gasteiger partial charge in [-0.05, 0) is 35.4 Å². The van der Waals surface area contributed by atoms with Crippen LogP contribution in [-0.4, -0.2) is 30.8 Å². The minimum atomic E-state index is -0.234. The highest BCUT2D eigenvalue weighted by atomic mass is 16.2. The standard InChI is InChI=1S/C28H31N3O3/c1-20(2)27(33)31-24-15-13-23(14-16-24)28(34)30-18-17-29-26(32)19-25(21-9-5-3-6-10-21)22-11-7-4-8-12-22/h3-16,20,25H,17-19H2,1-2H3,(H,29,32)(H,30,34)(H,31,33). The third-order valence-electron chi connectivity index (χ3n) is 5.47. The molecule has 3 amide bonds. The second-order valence-corrected chi connectivity index (χ2v) is 8.41. The molecule has 0 radical (unpaired) electrons. The fourth-order valence-electron chi connectivity index (χ4n) is 3.53. The van der Waals surface area contributed by atoms with E-state index in [1.807, 2.05) is 74.5 Å². The molecule has 0 saturated carbocycles. The Kier molecular flexibility index (Phi) is 8.97. The summed E-state index contributed by atoms with van der Waals surface area (Å²) in [5, 5.41) is 8.50.